The number of piperidine rings is 1. The van der Waals surface area contributed by atoms with Gasteiger partial charge in [-0.15, -0.1) is 0 Å². The average Bonchev–Trinajstić information content (AvgIpc) is 3.19. The fourth-order valence-corrected chi connectivity index (χ4v) is 4.19. The van der Waals surface area contributed by atoms with Crippen molar-refractivity contribution in [3.63, 3.8) is 0 Å². The lowest BCUT2D eigenvalue weighted by Crippen LogP contribution is -2.36. The number of fused-ring (bicyclic) bond motifs is 1. The van der Waals surface area contributed by atoms with Crippen molar-refractivity contribution < 1.29 is 23.0 Å². The maximum atomic E-state index is 14.9. The smallest absolute Gasteiger partial charge is 0.305 e. The molecule has 0 aromatic heterocycles. The molecule has 2 aliphatic rings. The zero-order valence-electron chi connectivity index (χ0n) is 16.8. The van der Waals surface area contributed by atoms with E-state index >= 15 is 0 Å². The highest BCUT2D eigenvalue weighted by Gasteiger charge is 2.46. The SMILES string of the molecule is O=C(c1cc2c(cc1F)OC(c1ccccc1)(c1ccc(F)cc1)O2)N1CCCCC1. The van der Waals surface area contributed by atoms with Crippen LogP contribution >= 0.6 is 0 Å². The molecular formula is C25H21F2NO3. The van der Waals surface area contributed by atoms with E-state index < -0.39 is 11.6 Å². The van der Waals surface area contributed by atoms with Gasteiger partial charge in [-0.25, -0.2) is 8.78 Å². The molecule has 3 aromatic rings. The highest BCUT2D eigenvalue weighted by Crippen LogP contribution is 2.48. The standard InChI is InChI=1S/C25H21F2NO3/c26-19-11-9-18(10-12-19)25(17-7-3-1-4-8-17)30-22-15-20(21(27)16-23(22)31-25)24(29)28-13-5-2-6-14-28/h1,3-4,7-12,15-16H,2,5-6,13-14H2. The van der Waals surface area contributed by atoms with Crippen LogP contribution in [0.3, 0.4) is 0 Å². The summed E-state index contributed by atoms with van der Waals surface area (Å²) in [7, 11) is 0. The number of hydrogen-bond acceptors (Lipinski definition) is 3. The lowest BCUT2D eigenvalue weighted by atomic mass is 9.97. The van der Waals surface area contributed by atoms with Crippen LogP contribution in [-0.2, 0) is 5.79 Å². The molecule has 1 fully saturated rings. The van der Waals surface area contributed by atoms with Gasteiger partial charge in [0.2, 0.25) is 0 Å². The van der Waals surface area contributed by atoms with E-state index in [0.29, 0.717) is 24.2 Å². The van der Waals surface area contributed by atoms with E-state index in [1.165, 1.54) is 24.3 Å². The normalized spacial score (nSPS) is 20.0. The molecule has 1 amide bonds. The molecule has 158 valence electrons. The molecule has 31 heavy (non-hydrogen) atoms. The van der Waals surface area contributed by atoms with Crippen LogP contribution in [0.4, 0.5) is 8.78 Å². The summed E-state index contributed by atoms with van der Waals surface area (Å²) in [6.45, 7) is 1.24. The second-order valence-electron chi connectivity index (χ2n) is 7.83. The van der Waals surface area contributed by atoms with Crippen LogP contribution in [0.1, 0.15) is 40.7 Å². The number of amides is 1. The van der Waals surface area contributed by atoms with Crippen LogP contribution in [0.5, 0.6) is 11.5 Å². The maximum absolute atomic E-state index is 14.9. The maximum Gasteiger partial charge on any atom is 0.305 e. The summed E-state index contributed by atoms with van der Waals surface area (Å²) in [4.78, 5) is 14.6. The summed E-state index contributed by atoms with van der Waals surface area (Å²) in [5.41, 5.74) is 1.19. The Morgan fingerprint density at radius 1 is 0.806 bits per heavy atom. The van der Waals surface area contributed by atoms with Crippen LogP contribution < -0.4 is 9.47 Å². The van der Waals surface area contributed by atoms with Gasteiger partial charge in [0, 0.05) is 30.3 Å². The van der Waals surface area contributed by atoms with Gasteiger partial charge in [-0.3, -0.25) is 4.79 Å². The summed E-state index contributed by atoms with van der Waals surface area (Å²) in [6.07, 6.45) is 2.91. The van der Waals surface area contributed by atoms with Crippen molar-refractivity contribution in [1.82, 2.24) is 4.90 Å². The fourth-order valence-electron chi connectivity index (χ4n) is 4.19. The number of likely N-dealkylation sites (tertiary alicyclic amines) is 1. The number of rotatable bonds is 3. The van der Waals surface area contributed by atoms with Crippen molar-refractivity contribution in [1.29, 1.82) is 0 Å². The molecule has 2 aliphatic heterocycles. The Bertz CT molecular complexity index is 1110. The number of halogens is 2. The topological polar surface area (TPSA) is 38.8 Å². The van der Waals surface area contributed by atoms with Crippen molar-refractivity contribution in [3.8, 4) is 11.5 Å². The molecule has 1 unspecified atom stereocenters. The molecule has 0 spiro atoms. The monoisotopic (exact) mass is 421 g/mol. The molecule has 0 bridgehead atoms. The minimum atomic E-state index is -1.41. The molecule has 6 heteroatoms. The van der Waals surface area contributed by atoms with Gasteiger partial charge in [-0.05, 0) is 49.6 Å². The largest absolute Gasteiger partial charge is 0.440 e. The number of hydrogen-bond donors (Lipinski definition) is 0. The molecular weight excluding hydrogens is 400 g/mol. The fraction of sp³-hybridized carbons (Fsp3) is 0.240. The predicted octanol–water partition coefficient (Wildman–Crippen LogP) is 5.26. The summed E-state index contributed by atoms with van der Waals surface area (Å²) in [6, 6.07) is 17.6. The van der Waals surface area contributed by atoms with Gasteiger partial charge in [0.25, 0.3) is 5.91 Å². The van der Waals surface area contributed by atoms with Crippen molar-refractivity contribution in [2.45, 2.75) is 25.0 Å². The first-order valence-electron chi connectivity index (χ1n) is 10.4. The third-order valence-corrected chi connectivity index (χ3v) is 5.79. The third kappa shape index (κ3) is 3.42. The molecule has 1 atom stereocenters. The van der Waals surface area contributed by atoms with Crippen LogP contribution in [0.25, 0.3) is 0 Å². The van der Waals surface area contributed by atoms with Crippen molar-refractivity contribution in [3.05, 3.63) is 95.1 Å². The average molecular weight is 421 g/mol. The number of nitrogens with zero attached hydrogens (tertiary/aromatic N) is 1. The van der Waals surface area contributed by atoms with Gasteiger partial charge in [0.05, 0.1) is 5.56 Å². The highest BCUT2D eigenvalue weighted by atomic mass is 19.1. The minimum absolute atomic E-state index is 0.0350. The zero-order valence-corrected chi connectivity index (χ0v) is 16.8. The first-order chi connectivity index (χ1) is 15.1. The lowest BCUT2D eigenvalue weighted by Gasteiger charge is -2.28. The van der Waals surface area contributed by atoms with E-state index in [0.717, 1.165) is 19.3 Å². The van der Waals surface area contributed by atoms with Gasteiger partial charge in [0.1, 0.15) is 11.6 Å². The quantitative estimate of drug-likeness (QED) is 0.579. The van der Waals surface area contributed by atoms with Crippen LogP contribution in [-0.4, -0.2) is 23.9 Å². The van der Waals surface area contributed by atoms with Crippen LogP contribution in [0.15, 0.2) is 66.7 Å². The van der Waals surface area contributed by atoms with E-state index in [1.54, 1.807) is 17.0 Å². The summed E-state index contributed by atoms with van der Waals surface area (Å²) in [5.74, 6) is -2.32. The molecule has 3 aromatic carbocycles. The van der Waals surface area contributed by atoms with Gasteiger partial charge in [-0.2, -0.15) is 0 Å². The predicted molar refractivity (Wildman–Crippen MR) is 111 cm³/mol. The zero-order chi connectivity index (χ0) is 21.4. The Morgan fingerprint density at radius 2 is 1.42 bits per heavy atom. The number of carbonyl (C=O) groups excluding carboxylic acids is 1. The van der Waals surface area contributed by atoms with Crippen LogP contribution in [0, 0.1) is 11.6 Å². The van der Waals surface area contributed by atoms with Gasteiger partial charge in [0.15, 0.2) is 11.5 Å². The Balaban J connectivity index is 1.56. The molecule has 0 N–H and O–H groups in total. The van der Waals surface area contributed by atoms with E-state index in [1.807, 2.05) is 30.3 Å². The summed E-state index contributed by atoms with van der Waals surface area (Å²) < 4.78 is 40.9. The Hall–Kier alpha value is -3.41. The van der Waals surface area contributed by atoms with Crippen molar-refractivity contribution in [2.24, 2.45) is 0 Å². The van der Waals surface area contributed by atoms with E-state index in [-0.39, 0.29) is 28.8 Å². The summed E-state index contributed by atoms with van der Waals surface area (Å²) >= 11 is 0. The summed E-state index contributed by atoms with van der Waals surface area (Å²) in [5, 5.41) is 0. The molecule has 0 aliphatic carbocycles. The first-order valence-corrected chi connectivity index (χ1v) is 10.4. The van der Waals surface area contributed by atoms with Gasteiger partial charge >= 0.3 is 5.79 Å². The van der Waals surface area contributed by atoms with Crippen LogP contribution in [0.2, 0.25) is 0 Å². The number of carbonyl (C=O) groups is 1. The molecule has 0 radical (unpaired) electrons. The number of ether oxygens (including phenoxy) is 2. The molecule has 1 saturated heterocycles. The van der Waals surface area contributed by atoms with Crippen molar-refractivity contribution in [2.75, 3.05) is 13.1 Å². The van der Waals surface area contributed by atoms with Gasteiger partial charge < -0.3 is 14.4 Å². The molecule has 5 rings (SSSR count). The Morgan fingerprint density at radius 3 is 2.10 bits per heavy atom. The first kappa shape index (κ1) is 19.5. The van der Waals surface area contributed by atoms with E-state index in [2.05, 4.69) is 0 Å². The number of benzene rings is 3. The Labute approximate surface area is 179 Å². The second kappa shape index (κ2) is 7.69. The molecule has 2 heterocycles. The highest BCUT2D eigenvalue weighted by molar-refractivity contribution is 5.95. The van der Waals surface area contributed by atoms with Gasteiger partial charge in [-0.1, -0.05) is 30.3 Å². The molecule has 4 nitrogen and oxygen atoms in total. The Kier molecular flexibility index (Phi) is 4.85. The van der Waals surface area contributed by atoms with Crippen molar-refractivity contribution >= 4 is 5.91 Å². The minimum Gasteiger partial charge on any atom is -0.440 e. The van der Waals surface area contributed by atoms with E-state index in [4.69, 9.17) is 9.47 Å². The lowest BCUT2D eigenvalue weighted by molar-refractivity contribution is -0.0460. The third-order valence-electron chi connectivity index (χ3n) is 5.79. The second-order valence-corrected chi connectivity index (χ2v) is 7.83. The molecule has 0 saturated carbocycles. The van der Waals surface area contributed by atoms with E-state index in [9.17, 15) is 13.6 Å².